The number of carbonyl (C=O) groups is 2. The lowest BCUT2D eigenvalue weighted by Gasteiger charge is -2.45. The molecule has 204 valence electrons. The highest BCUT2D eigenvalue weighted by Crippen LogP contribution is 2.43. The summed E-state index contributed by atoms with van der Waals surface area (Å²) in [5, 5.41) is 22.9. The van der Waals surface area contributed by atoms with Crippen molar-refractivity contribution in [1.82, 2.24) is 5.32 Å². The predicted molar refractivity (Wildman–Crippen MR) is 138 cm³/mol. The zero-order valence-corrected chi connectivity index (χ0v) is 22.4. The number of aliphatic hydroxyl groups excluding tert-OH is 1. The fraction of sp³-hybridized carbons (Fsp3) is 0.714. The standard InChI is InChI=1S/C28H45NO7/c1-5-6-8-23(9-7-16-30)25(35-20(2)31)18-27(36-21(3)32)28(12-14-29-15-13-28)19-22-10-11-24(33)26(17-22)34-4/h10-11,17,23,25,27,29-30,33H,5-9,12-16,18-19H2,1-4H3. The van der Waals surface area contributed by atoms with Gasteiger partial charge in [-0.3, -0.25) is 9.59 Å². The molecule has 0 spiro atoms. The van der Waals surface area contributed by atoms with E-state index in [1.54, 1.807) is 6.07 Å². The largest absolute Gasteiger partial charge is 0.504 e. The fourth-order valence-electron chi connectivity index (χ4n) is 5.50. The molecule has 0 radical (unpaired) electrons. The number of methoxy groups -OCH3 is 1. The monoisotopic (exact) mass is 507 g/mol. The van der Waals surface area contributed by atoms with E-state index in [0.29, 0.717) is 25.0 Å². The van der Waals surface area contributed by atoms with Crippen LogP contribution in [-0.4, -0.2) is 61.2 Å². The number of rotatable bonds is 15. The zero-order valence-electron chi connectivity index (χ0n) is 22.4. The summed E-state index contributed by atoms with van der Waals surface area (Å²) in [6.45, 7) is 6.62. The molecule has 1 aromatic rings. The fourth-order valence-corrected chi connectivity index (χ4v) is 5.50. The number of phenolic OH excluding ortho intramolecular Hbond substituents is 1. The van der Waals surface area contributed by atoms with Crippen LogP contribution in [0.3, 0.4) is 0 Å². The van der Waals surface area contributed by atoms with Crippen LogP contribution in [0.15, 0.2) is 18.2 Å². The molecular weight excluding hydrogens is 462 g/mol. The molecule has 1 saturated heterocycles. The van der Waals surface area contributed by atoms with Crippen LogP contribution in [-0.2, 0) is 25.5 Å². The van der Waals surface area contributed by atoms with Gasteiger partial charge in [0.05, 0.1) is 7.11 Å². The number of esters is 2. The van der Waals surface area contributed by atoms with Gasteiger partial charge in [0, 0.05) is 32.3 Å². The Hall–Kier alpha value is -2.32. The molecule has 3 atom stereocenters. The molecule has 1 heterocycles. The summed E-state index contributed by atoms with van der Waals surface area (Å²) >= 11 is 0. The summed E-state index contributed by atoms with van der Waals surface area (Å²) in [4.78, 5) is 24.5. The summed E-state index contributed by atoms with van der Waals surface area (Å²) in [5.41, 5.74) is 0.611. The van der Waals surface area contributed by atoms with Gasteiger partial charge in [-0.15, -0.1) is 0 Å². The summed E-state index contributed by atoms with van der Waals surface area (Å²) in [5.74, 6) is -0.152. The maximum atomic E-state index is 12.3. The van der Waals surface area contributed by atoms with Crippen LogP contribution >= 0.6 is 0 Å². The van der Waals surface area contributed by atoms with Crippen LogP contribution in [0, 0.1) is 11.3 Å². The SMILES string of the molecule is CCCCC(CCCO)C(CC(OC(C)=O)C1(Cc2ccc(O)c(OC)c2)CCNCC1)OC(C)=O. The van der Waals surface area contributed by atoms with E-state index >= 15 is 0 Å². The first-order valence-corrected chi connectivity index (χ1v) is 13.3. The number of unbranched alkanes of at least 4 members (excludes halogenated alkanes) is 1. The highest BCUT2D eigenvalue weighted by atomic mass is 16.6. The number of benzene rings is 1. The predicted octanol–water partition coefficient (Wildman–Crippen LogP) is 4.15. The number of ether oxygens (including phenoxy) is 3. The van der Waals surface area contributed by atoms with Gasteiger partial charge in [-0.05, 0) is 75.2 Å². The van der Waals surface area contributed by atoms with Crippen LogP contribution in [0.4, 0.5) is 0 Å². The van der Waals surface area contributed by atoms with Gasteiger partial charge >= 0.3 is 11.9 Å². The summed E-state index contributed by atoms with van der Waals surface area (Å²) in [6, 6.07) is 5.33. The van der Waals surface area contributed by atoms with Gasteiger partial charge in [-0.2, -0.15) is 0 Å². The van der Waals surface area contributed by atoms with Crippen molar-refractivity contribution < 1.29 is 34.0 Å². The average Bonchev–Trinajstić information content (AvgIpc) is 2.84. The topological polar surface area (TPSA) is 114 Å². The van der Waals surface area contributed by atoms with E-state index in [9.17, 15) is 19.8 Å². The van der Waals surface area contributed by atoms with Crippen LogP contribution < -0.4 is 10.1 Å². The number of aliphatic hydroxyl groups is 1. The maximum absolute atomic E-state index is 12.3. The molecule has 2 rings (SSSR count). The van der Waals surface area contributed by atoms with Crippen molar-refractivity contribution in [3.8, 4) is 11.5 Å². The second kappa shape index (κ2) is 15.1. The molecule has 1 aromatic carbocycles. The third-order valence-corrected chi connectivity index (χ3v) is 7.34. The van der Waals surface area contributed by atoms with Gasteiger partial charge in [0.2, 0.25) is 0 Å². The number of piperidine rings is 1. The Kier molecular flexibility index (Phi) is 12.5. The minimum Gasteiger partial charge on any atom is -0.504 e. The van der Waals surface area contributed by atoms with Crippen LogP contribution in [0.25, 0.3) is 0 Å². The molecule has 1 aliphatic rings. The molecule has 0 aliphatic carbocycles. The second-order valence-corrected chi connectivity index (χ2v) is 10.0. The molecule has 8 nitrogen and oxygen atoms in total. The Morgan fingerprint density at radius 3 is 2.33 bits per heavy atom. The number of nitrogens with one attached hydrogen (secondary N) is 1. The molecule has 0 bridgehead atoms. The van der Waals surface area contributed by atoms with Crippen molar-refractivity contribution in [1.29, 1.82) is 0 Å². The van der Waals surface area contributed by atoms with E-state index in [0.717, 1.165) is 57.2 Å². The number of aromatic hydroxyl groups is 1. The molecule has 3 N–H and O–H groups in total. The molecule has 0 amide bonds. The van der Waals surface area contributed by atoms with Gasteiger partial charge in [0.1, 0.15) is 12.2 Å². The van der Waals surface area contributed by atoms with Gasteiger partial charge in [-0.1, -0.05) is 25.8 Å². The lowest BCUT2D eigenvalue weighted by Crippen LogP contribution is -2.49. The normalized spacial score (nSPS) is 17.6. The molecule has 36 heavy (non-hydrogen) atoms. The van der Waals surface area contributed by atoms with Crippen molar-refractivity contribution >= 4 is 11.9 Å². The minimum absolute atomic E-state index is 0.0755. The molecule has 3 unspecified atom stereocenters. The summed E-state index contributed by atoms with van der Waals surface area (Å²) < 4.78 is 17.2. The first-order valence-electron chi connectivity index (χ1n) is 13.3. The molecule has 0 saturated carbocycles. The van der Waals surface area contributed by atoms with E-state index in [-0.39, 0.29) is 35.6 Å². The van der Waals surface area contributed by atoms with E-state index < -0.39 is 12.2 Å². The Balaban J connectivity index is 2.44. The third-order valence-electron chi connectivity index (χ3n) is 7.34. The molecule has 1 fully saturated rings. The number of hydrogen-bond donors (Lipinski definition) is 3. The molecule has 8 heteroatoms. The highest BCUT2D eigenvalue weighted by molar-refractivity contribution is 5.66. The van der Waals surface area contributed by atoms with Gasteiger partial charge in [-0.25, -0.2) is 0 Å². The van der Waals surface area contributed by atoms with Crippen LogP contribution in [0.5, 0.6) is 11.5 Å². The van der Waals surface area contributed by atoms with Crippen molar-refractivity contribution in [3.05, 3.63) is 23.8 Å². The average molecular weight is 508 g/mol. The van der Waals surface area contributed by atoms with E-state index in [1.165, 1.54) is 21.0 Å². The number of phenols is 1. The second-order valence-electron chi connectivity index (χ2n) is 10.0. The first kappa shape index (κ1) is 29.9. The van der Waals surface area contributed by atoms with Gasteiger partial charge in [0.15, 0.2) is 11.5 Å². The minimum atomic E-state index is -0.459. The lowest BCUT2D eigenvalue weighted by atomic mass is 9.68. The Bertz CT molecular complexity index is 814. The molecular formula is C28H45NO7. The van der Waals surface area contributed by atoms with Crippen molar-refractivity contribution in [2.75, 3.05) is 26.8 Å². The Labute approximate surface area is 215 Å². The smallest absolute Gasteiger partial charge is 0.302 e. The Morgan fingerprint density at radius 2 is 1.75 bits per heavy atom. The summed E-state index contributed by atoms with van der Waals surface area (Å²) in [7, 11) is 1.52. The van der Waals surface area contributed by atoms with E-state index in [1.807, 2.05) is 12.1 Å². The number of carbonyl (C=O) groups excluding carboxylic acids is 2. The lowest BCUT2D eigenvalue weighted by molar-refractivity contribution is -0.165. The van der Waals surface area contributed by atoms with Crippen molar-refractivity contribution in [3.63, 3.8) is 0 Å². The summed E-state index contributed by atoms with van der Waals surface area (Å²) in [6.07, 6.45) is 6.02. The first-order chi connectivity index (χ1) is 17.2. The molecule has 1 aliphatic heterocycles. The van der Waals surface area contributed by atoms with Crippen molar-refractivity contribution in [2.45, 2.75) is 90.8 Å². The van der Waals surface area contributed by atoms with Crippen LogP contribution in [0.2, 0.25) is 0 Å². The van der Waals surface area contributed by atoms with E-state index in [2.05, 4.69) is 12.2 Å². The number of hydrogen-bond acceptors (Lipinski definition) is 8. The zero-order chi connectivity index (χ0) is 26.6. The maximum Gasteiger partial charge on any atom is 0.302 e. The third kappa shape index (κ3) is 8.96. The Morgan fingerprint density at radius 1 is 1.08 bits per heavy atom. The van der Waals surface area contributed by atoms with Crippen LogP contribution in [0.1, 0.15) is 77.7 Å². The highest BCUT2D eigenvalue weighted by Gasteiger charge is 2.44. The van der Waals surface area contributed by atoms with Gasteiger partial charge in [0.25, 0.3) is 0 Å². The molecule has 0 aromatic heterocycles. The van der Waals surface area contributed by atoms with E-state index in [4.69, 9.17) is 14.2 Å². The van der Waals surface area contributed by atoms with Crippen molar-refractivity contribution in [2.24, 2.45) is 11.3 Å². The quantitative estimate of drug-likeness (QED) is 0.304. The van der Waals surface area contributed by atoms with Gasteiger partial charge < -0.3 is 29.7 Å².